The Kier molecular flexibility index (Phi) is 4.81. The zero-order valence-corrected chi connectivity index (χ0v) is 10.8. The molecule has 18 heavy (non-hydrogen) atoms. The number of ether oxygens (including phenoxy) is 1. The molecule has 1 aromatic rings. The molecule has 6 nitrogen and oxygen atoms in total. The van der Waals surface area contributed by atoms with Crippen molar-refractivity contribution < 1.29 is 9.53 Å². The van der Waals surface area contributed by atoms with E-state index in [1.54, 1.807) is 0 Å². The summed E-state index contributed by atoms with van der Waals surface area (Å²) >= 11 is 0. The van der Waals surface area contributed by atoms with Gasteiger partial charge in [-0.2, -0.15) is 4.80 Å². The zero-order chi connectivity index (χ0) is 12.8. The van der Waals surface area contributed by atoms with Gasteiger partial charge < -0.3 is 4.74 Å². The standard InChI is InChI=1S/C12H20N4O2/c1-2-3-7-16-14-12(13-15-16)11(17)5-4-10-6-8-18-9-10/h10H,2-9H2,1H3. The predicted octanol–water partition coefficient (Wildman–Crippen LogP) is 1.47. The summed E-state index contributed by atoms with van der Waals surface area (Å²) in [5, 5.41) is 11.8. The van der Waals surface area contributed by atoms with Crippen LogP contribution in [0.1, 0.15) is 49.6 Å². The smallest absolute Gasteiger partial charge is 0.240 e. The molecule has 0 aliphatic carbocycles. The second kappa shape index (κ2) is 6.58. The van der Waals surface area contributed by atoms with Crippen LogP contribution in [0.2, 0.25) is 0 Å². The van der Waals surface area contributed by atoms with Crippen LogP contribution in [-0.2, 0) is 11.3 Å². The Labute approximate surface area is 107 Å². The first-order valence-corrected chi connectivity index (χ1v) is 6.68. The normalized spacial score (nSPS) is 19.3. The molecule has 6 heteroatoms. The molecular weight excluding hydrogens is 232 g/mol. The van der Waals surface area contributed by atoms with Gasteiger partial charge in [0.15, 0.2) is 0 Å². The summed E-state index contributed by atoms with van der Waals surface area (Å²) < 4.78 is 5.28. The van der Waals surface area contributed by atoms with E-state index < -0.39 is 0 Å². The molecule has 1 unspecified atom stereocenters. The number of Topliss-reactive ketones (excluding diaryl/α,β-unsaturated/α-hetero) is 1. The first-order valence-electron chi connectivity index (χ1n) is 6.68. The third kappa shape index (κ3) is 3.60. The van der Waals surface area contributed by atoms with Crippen LogP contribution in [0.4, 0.5) is 0 Å². The molecular formula is C12H20N4O2. The Hall–Kier alpha value is -1.30. The van der Waals surface area contributed by atoms with Crippen molar-refractivity contribution in [2.24, 2.45) is 5.92 Å². The number of aryl methyl sites for hydroxylation is 1. The summed E-state index contributed by atoms with van der Waals surface area (Å²) in [6.07, 6.45) is 4.50. The molecule has 2 heterocycles. The van der Waals surface area contributed by atoms with Crippen LogP contribution in [0.15, 0.2) is 0 Å². The minimum absolute atomic E-state index is 0.00958. The fraction of sp³-hybridized carbons (Fsp3) is 0.833. The first kappa shape index (κ1) is 13.1. The molecule has 0 amide bonds. The molecule has 0 saturated carbocycles. The highest BCUT2D eigenvalue weighted by molar-refractivity contribution is 5.92. The number of hydrogen-bond donors (Lipinski definition) is 0. The molecule has 1 saturated heterocycles. The maximum atomic E-state index is 11.9. The summed E-state index contributed by atoms with van der Waals surface area (Å²) in [6, 6.07) is 0. The lowest BCUT2D eigenvalue weighted by Gasteiger charge is -2.03. The third-order valence-corrected chi connectivity index (χ3v) is 3.22. The Morgan fingerprint density at radius 3 is 3.17 bits per heavy atom. The first-order chi connectivity index (χ1) is 8.79. The van der Waals surface area contributed by atoms with Crippen molar-refractivity contribution in [2.45, 2.75) is 45.6 Å². The second-order valence-electron chi connectivity index (χ2n) is 4.75. The molecule has 100 valence electrons. The quantitative estimate of drug-likeness (QED) is 0.687. The lowest BCUT2D eigenvalue weighted by atomic mass is 10.0. The van der Waals surface area contributed by atoms with Gasteiger partial charge in [-0.3, -0.25) is 4.79 Å². The van der Waals surface area contributed by atoms with Gasteiger partial charge in [0.2, 0.25) is 11.6 Å². The predicted molar refractivity (Wildman–Crippen MR) is 65.2 cm³/mol. The monoisotopic (exact) mass is 252 g/mol. The van der Waals surface area contributed by atoms with E-state index in [4.69, 9.17) is 4.74 Å². The zero-order valence-electron chi connectivity index (χ0n) is 10.8. The van der Waals surface area contributed by atoms with Gasteiger partial charge in [0.1, 0.15) is 0 Å². The van der Waals surface area contributed by atoms with Crippen LogP contribution in [0.3, 0.4) is 0 Å². The van der Waals surface area contributed by atoms with Gasteiger partial charge in [-0.15, -0.1) is 10.2 Å². The summed E-state index contributed by atoms with van der Waals surface area (Å²) in [4.78, 5) is 13.4. The van der Waals surface area contributed by atoms with Gasteiger partial charge in [0.25, 0.3) is 0 Å². The highest BCUT2D eigenvalue weighted by atomic mass is 16.5. The van der Waals surface area contributed by atoms with Gasteiger partial charge in [0.05, 0.1) is 6.54 Å². The maximum Gasteiger partial charge on any atom is 0.240 e. The Morgan fingerprint density at radius 1 is 1.56 bits per heavy atom. The van der Waals surface area contributed by atoms with E-state index in [1.807, 2.05) is 0 Å². The number of tetrazole rings is 1. The number of nitrogens with zero attached hydrogens (tertiary/aromatic N) is 4. The van der Waals surface area contributed by atoms with Gasteiger partial charge in [-0.1, -0.05) is 13.3 Å². The number of ketones is 1. The summed E-state index contributed by atoms with van der Waals surface area (Å²) in [5.41, 5.74) is 0. The van der Waals surface area contributed by atoms with Gasteiger partial charge in [0, 0.05) is 19.6 Å². The average molecular weight is 252 g/mol. The van der Waals surface area contributed by atoms with Crippen LogP contribution in [-0.4, -0.2) is 39.2 Å². The van der Waals surface area contributed by atoms with E-state index >= 15 is 0 Å². The van der Waals surface area contributed by atoms with Crippen molar-refractivity contribution >= 4 is 5.78 Å². The van der Waals surface area contributed by atoms with E-state index in [0.717, 1.165) is 45.4 Å². The van der Waals surface area contributed by atoms with Gasteiger partial charge in [-0.25, -0.2) is 0 Å². The topological polar surface area (TPSA) is 69.9 Å². The molecule has 0 radical (unpaired) electrons. The Bertz CT molecular complexity index is 385. The molecule has 0 N–H and O–H groups in total. The lowest BCUT2D eigenvalue weighted by molar-refractivity contribution is 0.0961. The van der Waals surface area contributed by atoms with Crippen LogP contribution in [0.25, 0.3) is 0 Å². The summed E-state index contributed by atoms with van der Waals surface area (Å²) in [7, 11) is 0. The van der Waals surface area contributed by atoms with E-state index in [-0.39, 0.29) is 11.6 Å². The van der Waals surface area contributed by atoms with Crippen molar-refractivity contribution in [2.75, 3.05) is 13.2 Å². The summed E-state index contributed by atoms with van der Waals surface area (Å²) in [6.45, 7) is 4.44. The number of rotatable bonds is 7. The summed E-state index contributed by atoms with van der Waals surface area (Å²) in [5.74, 6) is 0.763. The van der Waals surface area contributed by atoms with E-state index in [0.29, 0.717) is 12.3 Å². The minimum atomic E-state index is -0.00958. The average Bonchev–Trinajstić information content (AvgIpc) is 3.04. The largest absolute Gasteiger partial charge is 0.381 e. The van der Waals surface area contributed by atoms with Crippen molar-refractivity contribution in [3.8, 4) is 0 Å². The molecule has 1 fully saturated rings. The van der Waals surface area contributed by atoms with Crippen LogP contribution < -0.4 is 0 Å². The van der Waals surface area contributed by atoms with E-state index in [1.165, 1.54) is 4.80 Å². The molecule has 1 atom stereocenters. The van der Waals surface area contributed by atoms with Crippen LogP contribution >= 0.6 is 0 Å². The number of hydrogen-bond acceptors (Lipinski definition) is 5. The fourth-order valence-electron chi connectivity index (χ4n) is 2.01. The molecule has 1 aliphatic rings. The minimum Gasteiger partial charge on any atom is -0.381 e. The Morgan fingerprint density at radius 2 is 2.44 bits per heavy atom. The second-order valence-corrected chi connectivity index (χ2v) is 4.75. The maximum absolute atomic E-state index is 11.9. The van der Waals surface area contributed by atoms with Crippen molar-refractivity contribution in [3.05, 3.63) is 5.82 Å². The number of carbonyl (C=O) groups is 1. The van der Waals surface area contributed by atoms with Crippen LogP contribution in [0, 0.1) is 5.92 Å². The van der Waals surface area contributed by atoms with E-state index in [2.05, 4.69) is 22.3 Å². The molecule has 2 rings (SSSR count). The SMILES string of the molecule is CCCCn1nnc(C(=O)CCC2CCOC2)n1. The molecule has 1 aliphatic heterocycles. The van der Waals surface area contributed by atoms with Crippen molar-refractivity contribution in [1.29, 1.82) is 0 Å². The molecule has 0 bridgehead atoms. The third-order valence-electron chi connectivity index (χ3n) is 3.22. The highest BCUT2D eigenvalue weighted by Crippen LogP contribution is 2.18. The van der Waals surface area contributed by atoms with E-state index in [9.17, 15) is 4.79 Å². The Balaban J connectivity index is 1.78. The molecule has 1 aromatic heterocycles. The molecule has 0 aromatic carbocycles. The lowest BCUT2D eigenvalue weighted by Crippen LogP contribution is -2.08. The number of carbonyl (C=O) groups excluding carboxylic acids is 1. The fourth-order valence-corrected chi connectivity index (χ4v) is 2.01. The van der Waals surface area contributed by atoms with Gasteiger partial charge >= 0.3 is 0 Å². The molecule has 0 spiro atoms. The number of unbranched alkanes of at least 4 members (excludes halogenated alkanes) is 1. The van der Waals surface area contributed by atoms with Crippen molar-refractivity contribution in [3.63, 3.8) is 0 Å². The van der Waals surface area contributed by atoms with Crippen LogP contribution in [0.5, 0.6) is 0 Å². The van der Waals surface area contributed by atoms with Gasteiger partial charge in [-0.05, 0) is 30.4 Å². The van der Waals surface area contributed by atoms with Crippen molar-refractivity contribution in [1.82, 2.24) is 20.2 Å². The number of aromatic nitrogens is 4. The highest BCUT2D eigenvalue weighted by Gasteiger charge is 2.19.